The van der Waals surface area contributed by atoms with Crippen LogP contribution < -0.4 is 10.6 Å². The minimum absolute atomic E-state index is 0.0881. The molecule has 2 fully saturated rings. The third-order valence-electron chi connectivity index (χ3n) is 7.94. The van der Waals surface area contributed by atoms with Crippen molar-refractivity contribution in [2.45, 2.75) is 69.4 Å². The zero-order chi connectivity index (χ0) is 29.0. The molecule has 11 nitrogen and oxygen atoms in total. The second kappa shape index (κ2) is 10.1. The molecule has 0 spiro atoms. The fourth-order valence-electron chi connectivity index (χ4n) is 6.01. The van der Waals surface area contributed by atoms with Crippen molar-refractivity contribution in [3.8, 4) is 17.5 Å². The summed E-state index contributed by atoms with van der Waals surface area (Å²) in [6.45, 7) is 2.52. The molecule has 2 aliphatic rings. The molecule has 2 bridgehead atoms. The normalized spacial score (nSPS) is 22.2. The predicted molar refractivity (Wildman–Crippen MR) is 147 cm³/mol. The number of nitrogens with two attached hydrogens (primary N) is 1. The number of primary amides is 1. The van der Waals surface area contributed by atoms with Crippen molar-refractivity contribution in [3.63, 3.8) is 0 Å². The summed E-state index contributed by atoms with van der Waals surface area (Å²) in [6.07, 6.45) is 4.57. The van der Waals surface area contributed by atoms with E-state index >= 15 is 4.39 Å². The highest BCUT2D eigenvalue weighted by atomic mass is 32.2. The number of anilines is 1. The van der Waals surface area contributed by atoms with Crippen molar-refractivity contribution >= 4 is 27.1 Å². The standard InChI is InChI=1S/C27H32FN7O4S/c1-27(2,37)25(28)15-33(20-9-18-4-5-19(10-20)35(18)40(3,38)39)24-11-22(31-14-21(24)26(30)36)23-7-6-17-8-16(12-29)13-32-34(17)23/h6-8,11,13-14,18-20,25,37H,4-5,9-10,15H2,1-3H3,(H2,30,36)/t18?,19?,20?,25-/m1/s1. The second-order valence-electron chi connectivity index (χ2n) is 11.2. The van der Waals surface area contributed by atoms with Crippen LogP contribution in [-0.4, -0.2) is 81.0 Å². The van der Waals surface area contributed by atoms with Gasteiger partial charge < -0.3 is 15.7 Å². The average Bonchev–Trinajstić information content (AvgIpc) is 3.43. The largest absolute Gasteiger partial charge is 0.387 e. The van der Waals surface area contributed by atoms with Gasteiger partial charge in [-0.2, -0.15) is 14.7 Å². The molecule has 1 amide bonds. The zero-order valence-corrected chi connectivity index (χ0v) is 23.3. The first kappa shape index (κ1) is 27.9. The molecule has 3 aromatic rings. The molecule has 0 aromatic carbocycles. The van der Waals surface area contributed by atoms with Crippen LogP contribution in [0.2, 0.25) is 0 Å². The van der Waals surface area contributed by atoms with E-state index in [1.165, 1.54) is 32.5 Å². The van der Waals surface area contributed by atoms with Crippen LogP contribution in [0.4, 0.5) is 10.1 Å². The first-order valence-electron chi connectivity index (χ1n) is 13.1. The van der Waals surface area contributed by atoms with E-state index in [2.05, 4.69) is 16.2 Å². The average molecular weight is 570 g/mol. The van der Waals surface area contributed by atoms with E-state index in [1.807, 2.05) is 0 Å². The van der Waals surface area contributed by atoms with Crippen molar-refractivity contribution in [2.75, 3.05) is 17.7 Å². The molecule has 5 rings (SSSR count). The highest BCUT2D eigenvalue weighted by Crippen LogP contribution is 2.41. The number of aromatic nitrogens is 3. The molecule has 3 atom stereocenters. The number of alkyl halides is 1. The van der Waals surface area contributed by atoms with Gasteiger partial charge in [0, 0.05) is 24.3 Å². The topological polar surface area (TPSA) is 158 Å². The first-order valence-corrected chi connectivity index (χ1v) is 14.9. The molecule has 2 unspecified atom stereocenters. The quantitative estimate of drug-likeness (QED) is 0.418. The number of hydrogen-bond acceptors (Lipinski definition) is 8. The molecule has 13 heteroatoms. The van der Waals surface area contributed by atoms with Gasteiger partial charge in [-0.3, -0.25) is 9.78 Å². The van der Waals surface area contributed by atoms with Crippen LogP contribution in [0.15, 0.2) is 36.7 Å². The third-order valence-corrected chi connectivity index (χ3v) is 9.30. The van der Waals surface area contributed by atoms with Crippen LogP contribution in [-0.2, 0) is 10.0 Å². The number of hydrogen-bond donors (Lipinski definition) is 2. The van der Waals surface area contributed by atoms with Crippen molar-refractivity contribution < 1.29 is 22.7 Å². The Balaban J connectivity index is 1.61. The van der Waals surface area contributed by atoms with Crippen LogP contribution >= 0.6 is 0 Å². The Morgan fingerprint density at radius 1 is 1.27 bits per heavy atom. The Labute approximate surface area is 232 Å². The monoisotopic (exact) mass is 569 g/mol. The van der Waals surface area contributed by atoms with Crippen molar-refractivity contribution in [2.24, 2.45) is 5.73 Å². The van der Waals surface area contributed by atoms with E-state index in [-0.39, 0.29) is 30.2 Å². The number of sulfonamides is 1. The Morgan fingerprint density at radius 3 is 2.52 bits per heavy atom. The van der Waals surface area contributed by atoms with Gasteiger partial charge in [-0.1, -0.05) is 0 Å². The first-order chi connectivity index (χ1) is 18.8. The number of carbonyl (C=O) groups is 1. The Morgan fingerprint density at radius 2 is 1.95 bits per heavy atom. The smallest absolute Gasteiger partial charge is 0.252 e. The van der Waals surface area contributed by atoms with Gasteiger partial charge in [-0.05, 0) is 63.8 Å². The second-order valence-corrected chi connectivity index (χ2v) is 13.1. The Bertz CT molecular complexity index is 1600. The van der Waals surface area contributed by atoms with Gasteiger partial charge in [0.15, 0.2) is 0 Å². The number of piperidine rings is 1. The summed E-state index contributed by atoms with van der Waals surface area (Å²) >= 11 is 0. The lowest BCUT2D eigenvalue weighted by Crippen LogP contribution is -2.55. The van der Waals surface area contributed by atoms with E-state index in [9.17, 15) is 23.6 Å². The number of halogens is 1. The minimum Gasteiger partial charge on any atom is -0.387 e. The molecule has 0 aliphatic carbocycles. The molecule has 40 heavy (non-hydrogen) atoms. The van der Waals surface area contributed by atoms with Crippen molar-refractivity contribution in [1.82, 2.24) is 18.9 Å². The maximum absolute atomic E-state index is 15.5. The number of pyridine rings is 1. The summed E-state index contributed by atoms with van der Waals surface area (Å²) in [6, 6.07) is 8.16. The fraction of sp³-hybridized carbons (Fsp3) is 0.481. The van der Waals surface area contributed by atoms with Gasteiger partial charge in [-0.25, -0.2) is 17.3 Å². The number of fused-ring (bicyclic) bond motifs is 3. The van der Waals surface area contributed by atoms with E-state index in [0.29, 0.717) is 53.8 Å². The van der Waals surface area contributed by atoms with Crippen LogP contribution in [0, 0.1) is 11.3 Å². The predicted octanol–water partition coefficient (Wildman–Crippen LogP) is 2.24. The van der Waals surface area contributed by atoms with Gasteiger partial charge >= 0.3 is 0 Å². The van der Waals surface area contributed by atoms with E-state index in [1.54, 1.807) is 38.0 Å². The van der Waals surface area contributed by atoms with Gasteiger partial charge in [0.1, 0.15) is 12.2 Å². The fourth-order valence-corrected chi connectivity index (χ4v) is 7.47. The summed E-state index contributed by atoms with van der Waals surface area (Å²) in [5.74, 6) is -0.744. The highest BCUT2D eigenvalue weighted by Gasteiger charge is 2.47. The lowest BCUT2D eigenvalue weighted by molar-refractivity contribution is -0.000730. The van der Waals surface area contributed by atoms with Gasteiger partial charge in [0.2, 0.25) is 10.0 Å². The summed E-state index contributed by atoms with van der Waals surface area (Å²) in [5.41, 5.74) is 6.63. The molecule has 3 aromatic heterocycles. The molecule has 212 valence electrons. The maximum Gasteiger partial charge on any atom is 0.252 e. The Kier molecular flexibility index (Phi) is 7.06. The molecule has 3 N–H and O–H groups in total. The SMILES string of the molecule is CC(C)(O)[C@H](F)CN(c1cc(-c2ccc3cc(C#N)cnn23)ncc1C(N)=O)C1CC2CCC(C1)N2S(C)(=O)=O. The molecule has 5 heterocycles. The van der Waals surface area contributed by atoms with Gasteiger partial charge in [0.05, 0.1) is 58.3 Å². The molecule has 0 radical (unpaired) electrons. The number of amides is 1. The molecular formula is C27H32FN7O4S. The maximum atomic E-state index is 15.5. The van der Waals surface area contributed by atoms with Gasteiger partial charge in [0.25, 0.3) is 5.91 Å². The molecule has 2 aliphatic heterocycles. The lowest BCUT2D eigenvalue weighted by Gasteiger charge is -2.44. The number of aliphatic hydroxyl groups is 1. The zero-order valence-electron chi connectivity index (χ0n) is 22.5. The van der Waals surface area contributed by atoms with E-state index in [0.717, 1.165) is 0 Å². The summed E-state index contributed by atoms with van der Waals surface area (Å²) in [7, 11) is -3.42. The highest BCUT2D eigenvalue weighted by molar-refractivity contribution is 7.88. The van der Waals surface area contributed by atoms with E-state index < -0.39 is 27.7 Å². The number of nitrogens with zero attached hydrogens (tertiary/aromatic N) is 6. The lowest BCUT2D eigenvalue weighted by atomic mass is 9.94. The third kappa shape index (κ3) is 5.14. The molecule has 0 saturated carbocycles. The Hall–Kier alpha value is -3.60. The number of carbonyl (C=O) groups excluding carboxylic acids is 1. The number of nitriles is 1. The van der Waals surface area contributed by atoms with Crippen molar-refractivity contribution in [3.05, 3.63) is 47.8 Å². The summed E-state index contributed by atoms with van der Waals surface area (Å²) < 4.78 is 43.7. The minimum atomic E-state index is -3.42. The summed E-state index contributed by atoms with van der Waals surface area (Å²) in [4.78, 5) is 18.8. The van der Waals surface area contributed by atoms with Crippen LogP contribution in [0.5, 0.6) is 0 Å². The van der Waals surface area contributed by atoms with E-state index in [4.69, 9.17) is 5.73 Å². The number of rotatable bonds is 8. The van der Waals surface area contributed by atoms with Gasteiger partial charge in [-0.15, -0.1) is 0 Å². The van der Waals surface area contributed by atoms with Crippen LogP contribution in [0.3, 0.4) is 0 Å². The van der Waals surface area contributed by atoms with Crippen molar-refractivity contribution in [1.29, 1.82) is 5.26 Å². The van der Waals surface area contributed by atoms with Crippen LogP contribution in [0.1, 0.15) is 55.5 Å². The molecule has 2 saturated heterocycles. The summed E-state index contributed by atoms with van der Waals surface area (Å²) in [5, 5.41) is 24.0. The molecular weight excluding hydrogens is 537 g/mol. The van der Waals surface area contributed by atoms with Crippen LogP contribution in [0.25, 0.3) is 16.9 Å².